The lowest BCUT2D eigenvalue weighted by atomic mass is 10.1. The van der Waals surface area contributed by atoms with Crippen LogP contribution in [0.3, 0.4) is 0 Å². The number of sulfonamides is 1. The van der Waals surface area contributed by atoms with Crippen LogP contribution in [0.1, 0.15) is 18.4 Å². The van der Waals surface area contributed by atoms with Gasteiger partial charge in [0.05, 0.1) is 4.90 Å². The molecule has 1 N–H and O–H groups in total. The predicted molar refractivity (Wildman–Crippen MR) is 106 cm³/mol. The topological polar surface area (TPSA) is 75.7 Å². The van der Waals surface area contributed by atoms with Gasteiger partial charge in [-0.05, 0) is 42.7 Å². The van der Waals surface area contributed by atoms with E-state index in [1.54, 1.807) is 24.3 Å². The van der Waals surface area contributed by atoms with Crippen molar-refractivity contribution in [1.82, 2.24) is 9.62 Å². The van der Waals surface area contributed by atoms with Crippen LogP contribution in [-0.2, 0) is 21.4 Å². The van der Waals surface area contributed by atoms with Gasteiger partial charge >= 0.3 is 6.09 Å². The summed E-state index contributed by atoms with van der Waals surface area (Å²) in [5, 5.41) is 2.78. The van der Waals surface area contributed by atoms with Gasteiger partial charge in [0.25, 0.3) is 0 Å². The highest BCUT2D eigenvalue weighted by Gasteiger charge is 2.31. The molecule has 8 heteroatoms. The molecule has 0 aliphatic carbocycles. The van der Waals surface area contributed by atoms with Gasteiger partial charge < -0.3 is 10.1 Å². The van der Waals surface area contributed by atoms with E-state index < -0.39 is 16.1 Å². The van der Waals surface area contributed by atoms with E-state index in [1.165, 1.54) is 4.31 Å². The maximum atomic E-state index is 12.8. The van der Waals surface area contributed by atoms with E-state index in [2.05, 4.69) is 21.2 Å². The second-order valence-corrected chi connectivity index (χ2v) is 9.22. The second kappa shape index (κ2) is 8.86. The Labute approximate surface area is 167 Å². The highest BCUT2D eigenvalue weighted by Crippen LogP contribution is 2.22. The van der Waals surface area contributed by atoms with Gasteiger partial charge in [-0.2, -0.15) is 4.31 Å². The van der Waals surface area contributed by atoms with Crippen LogP contribution in [0.2, 0.25) is 0 Å². The van der Waals surface area contributed by atoms with Crippen LogP contribution in [0.5, 0.6) is 0 Å². The van der Waals surface area contributed by atoms with Gasteiger partial charge in [0.1, 0.15) is 6.61 Å². The number of nitrogens with zero attached hydrogens (tertiary/aromatic N) is 1. The van der Waals surface area contributed by atoms with Crippen LogP contribution in [-0.4, -0.2) is 37.9 Å². The Hall–Kier alpha value is -1.90. The average Bonchev–Trinajstić information content (AvgIpc) is 2.68. The molecule has 1 aliphatic rings. The lowest BCUT2D eigenvalue weighted by Crippen LogP contribution is -2.49. The number of carbonyl (C=O) groups excluding carboxylic acids is 1. The zero-order valence-corrected chi connectivity index (χ0v) is 17.1. The third kappa shape index (κ3) is 5.31. The second-order valence-electron chi connectivity index (χ2n) is 6.36. The van der Waals surface area contributed by atoms with Crippen molar-refractivity contribution in [2.24, 2.45) is 0 Å². The van der Waals surface area contributed by atoms with E-state index >= 15 is 0 Å². The van der Waals surface area contributed by atoms with E-state index in [0.29, 0.717) is 19.4 Å². The lowest BCUT2D eigenvalue weighted by Gasteiger charge is -2.32. The van der Waals surface area contributed by atoms with Crippen molar-refractivity contribution in [1.29, 1.82) is 0 Å². The van der Waals surface area contributed by atoms with Gasteiger partial charge in [0.2, 0.25) is 10.0 Å². The van der Waals surface area contributed by atoms with Gasteiger partial charge in [-0.25, -0.2) is 13.2 Å². The molecule has 2 aromatic rings. The van der Waals surface area contributed by atoms with Crippen molar-refractivity contribution in [3.05, 3.63) is 64.6 Å². The van der Waals surface area contributed by atoms with Crippen LogP contribution >= 0.6 is 15.9 Å². The Kier molecular flexibility index (Phi) is 6.51. The van der Waals surface area contributed by atoms with E-state index in [9.17, 15) is 13.2 Å². The maximum absolute atomic E-state index is 12.8. The number of benzene rings is 2. The number of piperidine rings is 1. The van der Waals surface area contributed by atoms with E-state index in [-0.39, 0.29) is 24.1 Å². The molecule has 0 saturated carbocycles. The predicted octanol–water partition coefficient (Wildman–Crippen LogP) is 3.53. The number of hydrogen-bond acceptors (Lipinski definition) is 4. The molecule has 1 unspecified atom stereocenters. The average molecular weight is 453 g/mol. The minimum atomic E-state index is -3.58. The molecule has 3 rings (SSSR count). The number of carbonyl (C=O) groups is 1. The van der Waals surface area contributed by atoms with Gasteiger partial charge in [-0.15, -0.1) is 0 Å². The molecule has 1 saturated heterocycles. The van der Waals surface area contributed by atoms with E-state index in [4.69, 9.17) is 4.74 Å². The third-order valence-corrected chi connectivity index (χ3v) is 6.78. The van der Waals surface area contributed by atoms with Gasteiger partial charge in [0, 0.05) is 23.6 Å². The molecule has 1 aliphatic heterocycles. The Morgan fingerprint density at radius 2 is 1.85 bits per heavy atom. The van der Waals surface area contributed by atoms with Crippen LogP contribution < -0.4 is 5.32 Å². The number of rotatable bonds is 5. The van der Waals surface area contributed by atoms with Crippen molar-refractivity contribution in [3.8, 4) is 0 Å². The summed E-state index contributed by atoms with van der Waals surface area (Å²) in [6.45, 7) is 0.856. The maximum Gasteiger partial charge on any atom is 0.407 e. The SMILES string of the molecule is O=C(NC1CCCN(S(=O)(=O)c2ccc(Br)cc2)C1)OCc1ccccc1. The van der Waals surface area contributed by atoms with Crippen molar-refractivity contribution in [2.45, 2.75) is 30.4 Å². The fourth-order valence-electron chi connectivity index (χ4n) is 2.97. The third-order valence-electron chi connectivity index (χ3n) is 4.37. The standard InChI is InChI=1S/C19H21BrN2O4S/c20-16-8-10-18(11-9-16)27(24,25)22-12-4-7-17(13-22)21-19(23)26-14-15-5-2-1-3-6-15/h1-3,5-6,8-11,17H,4,7,12-14H2,(H,21,23). The molecular weight excluding hydrogens is 432 g/mol. The minimum Gasteiger partial charge on any atom is -0.445 e. The minimum absolute atomic E-state index is 0.181. The normalized spacial score (nSPS) is 18.0. The van der Waals surface area contributed by atoms with E-state index in [1.807, 2.05) is 30.3 Å². The van der Waals surface area contributed by atoms with Crippen LogP contribution in [0, 0.1) is 0 Å². The van der Waals surface area contributed by atoms with Gasteiger partial charge in [-0.3, -0.25) is 0 Å². The zero-order valence-electron chi connectivity index (χ0n) is 14.7. The highest BCUT2D eigenvalue weighted by molar-refractivity contribution is 9.10. The van der Waals surface area contributed by atoms with Crippen LogP contribution in [0.25, 0.3) is 0 Å². The fraction of sp³-hybridized carbons (Fsp3) is 0.316. The van der Waals surface area contributed by atoms with Crippen molar-refractivity contribution >= 4 is 32.0 Å². The molecule has 1 heterocycles. The van der Waals surface area contributed by atoms with Gasteiger partial charge in [-0.1, -0.05) is 46.3 Å². The largest absolute Gasteiger partial charge is 0.445 e. The summed E-state index contributed by atoms with van der Waals surface area (Å²) in [6, 6.07) is 15.7. The smallest absolute Gasteiger partial charge is 0.407 e. The van der Waals surface area contributed by atoms with Crippen LogP contribution in [0.4, 0.5) is 4.79 Å². The summed E-state index contributed by atoms with van der Waals surface area (Å²) in [4.78, 5) is 12.3. The highest BCUT2D eigenvalue weighted by atomic mass is 79.9. The molecule has 27 heavy (non-hydrogen) atoms. The molecule has 0 radical (unpaired) electrons. The summed E-state index contributed by atoms with van der Waals surface area (Å²) >= 11 is 3.31. The Balaban J connectivity index is 1.57. The Morgan fingerprint density at radius 1 is 1.15 bits per heavy atom. The summed E-state index contributed by atoms with van der Waals surface area (Å²) < 4.78 is 33.1. The summed E-state index contributed by atoms with van der Waals surface area (Å²) in [5.41, 5.74) is 0.899. The summed E-state index contributed by atoms with van der Waals surface area (Å²) in [7, 11) is -3.58. The molecular formula is C19H21BrN2O4S. The van der Waals surface area contributed by atoms with E-state index in [0.717, 1.165) is 10.0 Å². The first-order chi connectivity index (χ1) is 12.9. The quantitative estimate of drug-likeness (QED) is 0.752. The molecule has 2 aromatic carbocycles. The summed E-state index contributed by atoms with van der Waals surface area (Å²) in [5.74, 6) is 0. The first-order valence-corrected chi connectivity index (χ1v) is 10.9. The summed E-state index contributed by atoms with van der Waals surface area (Å²) in [6.07, 6.45) is 0.860. The number of amides is 1. The molecule has 0 aromatic heterocycles. The molecule has 1 amide bonds. The monoisotopic (exact) mass is 452 g/mol. The first-order valence-electron chi connectivity index (χ1n) is 8.68. The van der Waals surface area contributed by atoms with Crippen molar-refractivity contribution < 1.29 is 17.9 Å². The van der Waals surface area contributed by atoms with Crippen LogP contribution in [0.15, 0.2) is 64.0 Å². The number of hydrogen-bond donors (Lipinski definition) is 1. The number of ether oxygens (including phenoxy) is 1. The fourth-order valence-corrected chi connectivity index (χ4v) is 4.75. The number of alkyl carbamates (subject to hydrolysis) is 1. The Bertz CT molecular complexity index is 872. The molecule has 6 nitrogen and oxygen atoms in total. The van der Waals surface area contributed by atoms with Crippen molar-refractivity contribution in [2.75, 3.05) is 13.1 Å². The lowest BCUT2D eigenvalue weighted by molar-refractivity contribution is 0.131. The first kappa shape index (κ1) is 19.9. The molecule has 1 atom stereocenters. The van der Waals surface area contributed by atoms with Gasteiger partial charge in [0.15, 0.2) is 0 Å². The molecule has 1 fully saturated rings. The Morgan fingerprint density at radius 3 is 2.56 bits per heavy atom. The molecule has 0 spiro atoms. The number of nitrogens with one attached hydrogen (secondary N) is 1. The molecule has 144 valence electrons. The molecule has 0 bridgehead atoms. The van der Waals surface area contributed by atoms with Crippen molar-refractivity contribution in [3.63, 3.8) is 0 Å². The zero-order chi connectivity index (χ0) is 19.3. The number of halogens is 1.